The van der Waals surface area contributed by atoms with Crippen LogP contribution in [0.2, 0.25) is 0 Å². The number of hydrogen-bond acceptors (Lipinski definition) is 9. The smallest absolute Gasteiger partial charge is 0.433 e. The Hall–Kier alpha value is -5.33. The Labute approximate surface area is 289 Å². The zero-order chi connectivity index (χ0) is 38.2. The van der Waals surface area contributed by atoms with E-state index < -0.39 is 99.1 Å². The molecule has 0 radical (unpaired) electrons. The van der Waals surface area contributed by atoms with Crippen molar-refractivity contribution in [1.29, 1.82) is 0 Å². The molecule has 278 valence electrons. The number of hydrogen-bond donors (Lipinski definition) is 2. The minimum absolute atomic E-state index is 0.0530. The summed E-state index contributed by atoms with van der Waals surface area (Å²) in [6.45, 7) is -0.953. The van der Waals surface area contributed by atoms with Gasteiger partial charge in [0.05, 0.1) is 35.6 Å². The first kappa shape index (κ1) is 37.9. The maximum Gasteiger partial charge on any atom is 0.433 e. The number of carboxylic acids is 1. The number of amides is 2. The summed E-state index contributed by atoms with van der Waals surface area (Å²) in [4.78, 5) is 45.1. The second-order valence-corrected chi connectivity index (χ2v) is 12.0. The van der Waals surface area contributed by atoms with Gasteiger partial charge in [0.1, 0.15) is 23.4 Å². The van der Waals surface area contributed by atoms with Gasteiger partial charge in [0.15, 0.2) is 11.6 Å². The quantitative estimate of drug-likeness (QED) is 0.160. The fourth-order valence-corrected chi connectivity index (χ4v) is 6.14. The first-order chi connectivity index (χ1) is 24.3. The van der Waals surface area contributed by atoms with E-state index in [9.17, 15) is 55.3 Å². The van der Waals surface area contributed by atoms with E-state index in [0.29, 0.717) is 37.4 Å². The molecule has 11 nitrogen and oxygen atoms in total. The molecule has 1 spiro atoms. The number of carboxylic acid groups (broad SMARTS) is 1. The van der Waals surface area contributed by atoms with E-state index in [1.54, 1.807) is 0 Å². The Balaban J connectivity index is 1.50. The maximum atomic E-state index is 15.3. The molecule has 3 aromatic rings. The predicted octanol–water partition coefficient (Wildman–Crippen LogP) is 5.32. The van der Waals surface area contributed by atoms with Crippen LogP contribution >= 0.6 is 0 Å². The molecule has 0 atom stereocenters. The summed E-state index contributed by atoms with van der Waals surface area (Å²) in [7, 11) is 1.39. The Morgan fingerprint density at radius 1 is 1.00 bits per heavy atom. The molecule has 1 aromatic heterocycles. The summed E-state index contributed by atoms with van der Waals surface area (Å²) >= 11 is 0. The van der Waals surface area contributed by atoms with Crippen LogP contribution in [0.5, 0.6) is 5.75 Å². The fourth-order valence-electron chi connectivity index (χ4n) is 6.14. The summed E-state index contributed by atoms with van der Waals surface area (Å²) in [6.07, 6.45) is -8.53. The van der Waals surface area contributed by atoms with Crippen molar-refractivity contribution >= 4 is 23.5 Å². The number of aliphatic carboxylic acids is 1. The lowest BCUT2D eigenvalue weighted by Gasteiger charge is -2.48. The Kier molecular flexibility index (Phi) is 10.5. The van der Waals surface area contributed by atoms with Crippen LogP contribution in [-0.4, -0.2) is 62.1 Å². The van der Waals surface area contributed by atoms with E-state index >= 15 is 4.39 Å². The molecule has 2 aliphatic rings. The van der Waals surface area contributed by atoms with Crippen molar-refractivity contribution in [3.05, 3.63) is 82.5 Å². The molecule has 2 heterocycles. The van der Waals surface area contributed by atoms with Crippen molar-refractivity contribution in [2.45, 2.75) is 63.0 Å². The molecule has 1 aliphatic heterocycles. The van der Waals surface area contributed by atoms with Crippen LogP contribution in [0.15, 0.2) is 54.1 Å². The summed E-state index contributed by atoms with van der Waals surface area (Å²) in [5.41, 5.74) is -7.25. The van der Waals surface area contributed by atoms with Crippen LogP contribution in [-0.2, 0) is 33.3 Å². The van der Waals surface area contributed by atoms with Crippen LogP contribution in [0, 0.1) is 11.6 Å². The molecule has 0 saturated heterocycles. The molecule has 52 heavy (non-hydrogen) atoms. The fraction of sp³-hybridized carbons (Fsp3) is 0.364. The van der Waals surface area contributed by atoms with Crippen molar-refractivity contribution in [2.75, 3.05) is 19.0 Å². The normalized spacial score (nSPS) is 16.5. The number of ether oxygens (including phenoxy) is 1. The van der Waals surface area contributed by atoms with E-state index in [1.807, 2.05) is 0 Å². The van der Waals surface area contributed by atoms with Crippen LogP contribution in [0.3, 0.4) is 0 Å². The predicted molar refractivity (Wildman–Crippen MR) is 161 cm³/mol. The van der Waals surface area contributed by atoms with Crippen LogP contribution in [0.4, 0.5) is 40.8 Å². The molecule has 2 aromatic carbocycles. The summed E-state index contributed by atoms with van der Waals surface area (Å²) in [6, 6.07) is 4.24. The van der Waals surface area contributed by atoms with Crippen molar-refractivity contribution in [3.63, 3.8) is 0 Å². The Bertz CT molecular complexity index is 1930. The second-order valence-electron chi connectivity index (χ2n) is 12.0. The number of carbonyl (C=O) groups excluding carboxylic acids is 3. The highest BCUT2D eigenvalue weighted by Crippen LogP contribution is 2.45. The molecule has 1 fully saturated rings. The first-order valence-electron chi connectivity index (χ1n) is 15.6. The van der Waals surface area contributed by atoms with Crippen molar-refractivity contribution < 1.29 is 64.5 Å². The molecule has 19 heteroatoms. The zero-order valence-corrected chi connectivity index (χ0v) is 27.0. The number of nitrogens with zero attached hydrogens (tertiary/aromatic N) is 4. The maximum absolute atomic E-state index is 15.3. The van der Waals surface area contributed by atoms with Gasteiger partial charge in [-0.2, -0.15) is 30.7 Å². The highest BCUT2D eigenvalue weighted by Gasteiger charge is 2.53. The number of aromatic nitrogens is 2. The van der Waals surface area contributed by atoms with E-state index in [1.165, 1.54) is 12.1 Å². The monoisotopic (exact) mass is 742 g/mol. The van der Waals surface area contributed by atoms with Gasteiger partial charge < -0.3 is 25.1 Å². The lowest BCUT2D eigenvalue weighted by molar-refractivity contribution is -0.305. The molecule has 0 bridgehead atoms. The highest BCUT2D eigenvalue weighted by atomic mass is 19.4. The standard InChI is InChI=1S/C33H29F8N5O6/c1-45-31(10-2-3-11-31)28(49)25(30(51)46(45)15-17-6-9-22(27(35)26(17)34)52-12-4-5-24(47)48)29(50)44-20-8-7-18(32(36,37)38)13-19(20)21-14-23(33(39,40)41)43-16-42-21/h6-9,13-14,16,49H,2-5,10-12,15H2,1H3,(H,44,50)(H,47,48)/p-1. The third kappa shape index (κ3) is 7.49. The number of hydrazine groups is 1. The lowest BCUT2D eigenvalue weighted by atomic mass is 9.88. The summed E-state index contributed by atoms with van der Waals surface area (Å²) in [5, 5.41) is 26.5. The number of rotatable bonds is 10. The summed E-state index contributed by atoms with van der Waals surface area (Å²) in [5.74, 6) is -8.05. The third-order valence-electron chi connectivity index (χ3n) is 8.82. The minimum Gasteiger partial charge on any atom is -0.550 e. The zero-order valence-electron chi connectivity index (χ0n) is 27.0. The molecule has 5 rings (SSSR count). The van der Waals surface area contributed by atoms with Gasteiger partial charge in [0, 0.05) is 24.1 Å². The number of aliphatic hydroxyl groups excluding tert-OH is 1. The number of carbonyl (C=O) groups is 3. The van der Waals surface area contributed by atoms with Gasteiger partial charge in [-0.15, -0.1) is 0 Å². The van der Waals surface area contributed by atoms with Gasteiger partial charge in [-0.05, 0) is 56.0 Å². The van der Waals surface area contributed by atoms with Crippen molar-refractivity contribution in [3.8, 4) is 17.0 Å². The number of likely N-dealkylation sites (N-methyl/N-ethyl adjacent to an activating group) is 1. The highest BCUT2D eigenvalue weighted by molar-refractivity contribution is 6.24. The van der Waals surface area contributed by atoms with Crippen molar-refractivity contribution in [2.24, 2.45) is 0 Å². The topological polar surface area (TPSA) is 148 Å². The average molecular weight is 743 g/mol. The van der Waals surface area contributed by atoms with E-state index in [-0.39, 0.29) is 37.9 Å². The number of alkyl halides is 6. The van der Waals surface area contributed by atoms with Crippen LogP contribution < -0.4 is 15.2 Å². The van der Waals surface area contributed by atoms with Gasteiger partial charge >= 0.3 is 12.4 Å². The largest absolute Gasteiger partial charge is 0.550 e. The SMILES string of the molecule is CN1N(Cc2ccc(OCCCC(=O)[O-])c(F)c2F)C(=O)C(C(=O)Nc2ccc(C(F)(F)F)cc2-c2cc(C(F)(F)F)ncn2)=C(O)C12CCCC2. The van der Waals surface area contributed by atoms with E-state index in [2.05, 4.69) is 15.3 Å². The van der Waals surface area contributed by atoms with Gasteiger partial charge in [-0.3, -0.25) is 14.6 Å². The molecule has 2 amide bonds. The van der Waals surface area contributed by atoms with E-state index in [4.69, 9.17) is 4.74 Å². The molecule has 1 saturated carbocycles. The second kappa shape index (κ2) is 14.4. The molecule has 1 aliphatic carbocycles. The number of nitrogens with one attached hydrogen (secondary N) is 1. The van der Waals surface area contributed by atoms with E-state index in [0.717, 1.165) is 23.2 Å². The van der Waals surface area contributed by atoms with Gasteiger partial charge in [-0.1, -0.05) is 18.9 Å². The first-order valence-corrected chi connectivity index (χ1v) is 15.6. The number of aliphatic hydroxyl groups is 1. The lowest BCUT2D eigenvalue weighted by Crippen LogP contribution is -2.62. The number of anilines is 1. The molecular formula is C33H28F8N5O6-. The third-order valence-corrected chi connectivity index (χ3v) is 8.82. The van der Waals surface area contributed by atoms with Crippen LogP contribution in [0.25, 0.3) is 11.3 Å². The van der Waals surface area contributed by atoms with Crippen LogP contribution in [0.1, 0.15) is 55.3 Å². The Morgan fingerprint density at radius 2 is 1.69 bits per heavy atom. The Morgan fingerprint density at radius 3 is 2.33 bits per heavy atom. The van der Waals surface area contributed by atoms with Crippen molar-refractivity contribution in [1.82, 2.24) is 20.0 Å². The molecular weight excluding hydrogens is 714 g/mol. The van der Waals surface area contributed by atoms with Gasteiger partial charge in [-0.25, -0.2) is 19.4 Å². The van der Waals surface area contributed by atoms with Gasteiger partial charge in [0.2, 0.25) is 5.82 Å². The number of halogens is 8. The minimum atomic E-state index is -5.01. The molecule has 2 N–H and O–H groups in total. The summed E-state index contributed by atoms with van der Waals surface area (Å²) < 4.78 is 117. The molecule has 0 unspecified atom stereocenters. The van der Waals surface area contributed by atoms with Gasteiger partial charge in [0.25, 0.3) is 11.8 Å². The number of benzene rings is 2. The average Bonchev–Trinajstić information content (AvgIpc) is 3.58.